The van der Waals surface area contributed by atoms with Gasteiger partial charge in [-0.2, -0.15) is 13.2 Å². The van der Waals surface area contributed by atoms with Crippen molar-refractivity contribution < 1.29 is 22.1 Å². The molecule has 0 amide bonds. The number of aromatic nitrogens is 3. The van der Waals surface area contributed by atoms with Crippen molar-refractivity contribution >= 4 is 33.2 Å². The number of pyridine rings is 1. The Balaban J connectivity index is 1.50. The van der Waals surface area contributed by atoms with Crippen LogP contribution in [0.1, 0.15) is 11.3 Å². The summed E-state index contributed by atoms with van der Waals surface area (Å²) >= 11 is 1.50. The smallest absolute Gasteiger partial charge is 0.416 e. The molecule has 1 N–H and O–H groups in total. The molecule has 0 saturated carbocycles. The summed E-state index contributed by atoms with van der Waals surface area (Å²) in [5.74, 6) is 0.458. The maximum Gasteiger partial charge on any atom is 0.416 e. The monoisotopic (exact) mass is 423 g/mol. The number of aromatic amines is 1. The number of alkyl halides is 3. The SMILES string of the molecule is O=S(Cc1cc(Oc2cccc(C(F)(F)F)c2)ccn1)c1nc2cscc2[nH]1. The number of nitrogens with zero attached hydrogens (tertiary/aromatic N) is 2. The highest BCUT2D eigenvalue weighted by Gasteiger charge is 2.30. The first-order chi connectivity index (χ1) is 13.4. The van der Waals surface area contributed by atoms with Crippen LogP contribution in [0, 0.1) is 0 Å². The van der Waals surface area contributed by atoms with Crippen molar-refractivity contribution in [2.24, 2.45) is 0 Å². The first-order valence-corrected chi connectivity index (χ1v) is 10.2. The predicted octanol–water partition coefficient (Wildman–Crippen LogP) is 5.14. The molecule has 0 spiro atoms. The van der Waals surface area contributed by atoms with E-state index in [1.165, 1.54) is 35.7 Å². The minimum Gasteiger partial charge on any atom is -0.457 e. The summed E-state index contributed by atoms with van der Waals surface area (Å²) in [7, 11) is -1.44. The van der Waals surface area contributed by atoms with E-state index in [2.05, 4.69) is 15.0 Å². The van der Waals surface area contributed by atoms with Gasteiger partial charge in [-0.1, -0.05) is 6.07 Å². The number of rotatable bonds is 5. The summed E-state index contributed by atoms with van der Waals surface area (Å²) in [5, 5.41) is 4.09. The topological polar surface area (TPSA) is 67.9 Å². The van der Waals surface area contributed by atoms with Crippen LogP contribution in [0.2, 0.25) is 0 Å². The number of fused-ring (bicyclic) bond motifs is 1. The minimum absolute atomic E-state index is 0.0548. The average Bonchev–Trinajstić information content (AvgIpc) is 3.23. The van der Waals surface area contributed by atoms with Crippen LogP contribution in [0.5, 0.6) is 11.5 Å². The van der Waals surface area contributed by atoms with E-state index in [1.54, 1.807) is 6.07 Å². The zero-order chi connectivity index (χ0) is 19.7. The van der Waals surface area contributed by atoms with Crippen LogP contribution in [0.3, 0.4) is 0 Å². The summed E-state index contributed by atoms with van der Waals surface area (Å²) < 4.78 is 56.5. The number of halogens is 3. The first kappa shape index (κ1) is 18.6. The number of thiophene rings is 1. The lowest BCUT2D eigenvalue weighted by Crippen LogP contribution is -2.04. The van der Waals surface area contributed by atoms with Gasteiger partial charge in [0.1, 0.15) is 17.0 Å². The number of nitrogens with one attached hydrogen (secondary N) is 1. The van der Waals surface area contributed by atoms with Crippen LogP contribution >= 0.6 is 11.3 Å². The molecule has 10 heteroatoms. The lowest BCUT2D eigenvalue weighted by atomic mass is 10.2. The van der Waals surface area contributed by atoms with E-state index in [0.717, 1.165) is 23.2 Å². The van der Waals surface area contributed by atoms with Gasteiger partial charge in [0.25, 0.3) is 0 Å². The number of hydrogen-bond acceptors (Lipinski definition) is 5. The molecular weight excluding hydrogens is 411 g/mol. The summed E-state index contributed by atoms with van der Waals surface area (Å²) in [6.07, 6.45) is -2.99. The van der Waals surface area contributed by atoms with E-state index in [4.69, 9.17) is 4.74 Å². The fourth-order valence-corrected chi connectivity index (χ4v) is 4.18. The Morgan fingerprint density at radius 2 is 1.96 bits per heavy atom. The van der Waals surface area contributed by atoms with E-state index < -0.39 is 22.5 Å². The zero-order valence-corrected chi connectivity index (χ0v) is 15.7. The van der Waals surface area contributed by atoms with Crippen LogP contribution < -0.4 is 4.74 Å². The van der Waals surface area contributed by atoms with Gasteiger partial charge in [0.2, 0.25) is 0 Å². The highest BCUT2D eigenvalue weighted by atomic mass is 32.2. The molecule has 1 atom stereocenters. The summed E-state index contributed by atoms with van der Waals surface area (Å²) in [5.41, 5.74) is 1.26. The van der Waals surface area contributed by atoms with E-state index in [1.807, 2.05) is 10.8 Å². The molecule has 4 aromatic rings. The Labute approximate surface area is 163 Å². The number of imidazole rings is 1. The molecule has 0 aliphatic carbocycles. The third-order valence-corrected chi connectivity index (χ3v) is 5.70. The molecule has 1 unspecified atom stereocenters. The van der Waals surface area contributed by atoms with Crippen molar-refractivity contribution in [2.75, 3.05) is 0 Å². The predicted molar refractivity (Wildman–Crippen MR) is 99.8 cm³/mol. The Morgan fingerprint density at radius 1 is 1.14 bits per heavy atom. The molecule has 0 saturated heterocycles. The van der Waals surface area contributed by atoms with Gasteiger partial charge < -0.3 is 9.72 Å². The van der Waals surface area contributed by atoms with E-state index in [9.17, 15) is 17.4 Å². The molecule has 0 bridgehead atoms. The van der Waals surface area contributed by atoms with Crippen LogP contribution in [0.4, 0.5) is 13.2 Å². The van der Waals surface area contributed by atoms with Gasteiger partial charge in [-0.05, 0) is 24.3 Å². The molecule has 0 fully saturated rings. The number of hydrogen-bond donors (Lipinski definition) is 1. The zero-order valence-electron chi connectivity index (χ0n) is 14.1. The molecule has 144 valence electrons. The molecule has 28 heavy (non-hydrogen) atoms. The van der Waals surface area contributed by atoms with Crippen molar-refractivity contribution in [2.45, 2.75) is 17.1 Å². The Hall–Kier alpha value is -2.72. The highest BCUT2D eigenvalue weighted by molar-refractivity contribution is 7.84. The van der Waals surface area contributed by atoms with Gasteiger partial charge in [0.05, 0.1) is 33.3 Å². The summed E-state index contributed by atoms with van der Waals surface area (Å²) in [6.45, 7) is 0. The van der Waals surface area contributed by atoms with Crippen molar-refractivity contribution in [1.82, 2.24) is 15.0 Å². The van der Waals surface area contributed by atoms with E-state index in [0.29, 0.717) is 16.6 Å². The normalized spacial score (nSPS) is 13.0. The van der Waals surface area contributed by atoms with Crippen LogP contribution in [-0.4, -0.2) is 19.2 Å². The number of H-pyrrole nitrogens is 1. The van der Waals surface area contributed by atoms with Crippen molar-refractivity contribution in [3.63, 3.8) is 0 Å². The third-order valence-electron chi connectivity index (χ3n) is 3.78. The molecular formula is C18H12F3N3O2S2. The fraction of sp³-hybridized carbons (Fsp3) is 0.111. The molecule has 0 aliphatic rings. The average molecular weight is 423 g/mol. The number of benzene rings is 1. The Kier molecular flexibility index (Phi) is 4.90. The molecule has 0 radical (unpaired) electrons. The second-order valence-corrected chi connectivity index (χ2v) is 7.92. The van der Waals surface area contributed by atoms with Crippen molar-refractivity contribution in [3.05, 3.63) is 64.6 Å². The van der Waals surface area contributed by atoms with Crippen LogP contribution in [-0.2, 0) is 22.7 Å². The molecule has 1 aromatic carbocycles. The molecule has 5 nitrogen and oxygen atoms in total. The first-order valence-electron chi connectivity index (χ1n) is 7.99. The van der Waals surface area contributed by atoms with Crippen molar-refractivity contribution in [1.29, 1.82) is 0 Å². The lowest BCUT2D eigenvalue weighted by molar-refractivity contribution is -0.137. The summed E-state index contributed by atoms with van der Waals surface area (Å²) in [4.78, 5) is 11.4. The van der Waals surface area contributed by atoms with Gasteiger partial charge in [0, 0.05) is 23.0 Å². The van der Waals surface area contributed by atoms with Crippen LogP contribution in [0.15, 0.2) is 58.5 Å². The number of ether oxygens (including phenoxy) is 1. The molecule has 3 aromatic heterocycles. The van der Waals surface area contributed by atoms with Gasteiger partial charge in [-0.25, -0.2) is 4.98 Å². The lowest BCUT2D eigenvalue weighted by Gasteiger charge is -2.10. The maximum atomic E-state index is 12.8. The second-order valence-electron chi connectivity index (χ2n) is 5.81. The largest absolute Gasteiger partial charge is 0.457 e. The quantitative estimate of drug-likeness (QED) is 0.483. The summed E-state index contributed by atoms with van der Waals surface area (Å²) in [6, 6.07) is 7.68. The van der Waals surface area contributed by atoms with Crippen molar-refractivity contribution in [3.8, 4) is 11.5 Å². The minimum atomic E-state index is -4.45. The van der Waals surface area contributed by atoms with Gasteiger partial charge >= 0.3 is 6.18 Å². The van der Waals surface area contributed by atoms with Gasteiger partial charge in [0.15, 0.2) is 5.16 Å². The van der Waals surface area contributed by atoms with E-state index in [-0.39, 0.29) is 11.5 Å². The standard InChI is InChI=1S/C18H12F3N3O2S2/c19-18(20,21)11-2-1-3-13(6-11)26-14-4-5-22-12(7-14)10-28(25)17-23-15-8-27-9-16(15)24-17/h1-9H,10H2,(H,23,24). The Morgan fingerprint density at radius 3 is 2.75 bits per heavy atom. The second kappa shape index (κ2) is 7.36. The van der Waals surface area contributed by atoms with Gasteiger partial charge in [-0.15, -0.1) is 11.3 Å². The fourth-order valence-electron chi connectivity index (χ4n) is 2.50. The maximum absolute atomic E-state index is 12.8. The molecule has 3 heterocycles. The molecule has 4 rings (SSSR count). The van der Waals surface area contributed by atoms with Gasteiger partial charge in [-0.3, -0.25) is 9.19 Å². The Bertz CT molecular complexity index is 1130. The van der Waals surface area contributed by atoms with Crippen LogP contribution in [0.25, 0.3) is 11.0 Å². The highest BCUT2D eigenvalue weighted by Crippen LogP contribution is 2.32. The van der Waals surface area contributed by atoms with E-state index >= 15 is 0 Å². The molecule has 0 aliphatic heterocycles. The third kappa shape index (κ3) is 4.07.